The van der Waals surface area contributed by atoms with Crippen LogP contribution in [0, 0.1) is 0 Å². The number of hydrogen-bond acceptors (Lipinski definition) is 4. The summed E-state index contributed by atoms with van der Waals surface area (Å²) in [4.78, 5) is 0. The maximum absolute atomic E-state index is 9.64. The minimum absolute atomic E-state index is 0.493. The van der Waals surface area contributed by atoms with E-state index in [0.29, 0.717) is 19.8 Å². The lowest BCUT2D eigenvalue weighted by molar-refractivity contribution is 0.0945. The molecule has 0 fully saturated rings. The predicted molar refractivity (Wildman–Crippen MR) is 66.8 cm³/mol. The third kappa shape index (κ3) is 3.53. The molecule has 17 heavy (non-hydrogen) atoms. The second kappa shape index (κ2) is 4.84. The molecule has 1 heterocycles. The molecule has 0 bridgehead atoms. The first kappa shape index (κ1) is 12.0. The number of hydrogen-bond donors (Lipinski definition) is 2. The van der Waals surface area contributed by atoms with Gasteiger partial charge in [-0.1, -0.05) is 0 Å². The van der Waals surface area contributed by atoms with Crippen LogP contribution in [0.3, 0.4) is 0 Å². The van der Waals surface area contributed by atoms with Crippen LogP contribution in [0.4, 0.5) is 5.69 Å². The van der Waals surface area contributed by atoms with Gasteiger partial charge in [0.2, 0.25) is 0 Å². The molecule has 1 aliphatic rings. The van der Waals surface area contributed by atoms with Crippen LogP contribution in [-0.4, -0.2) is 30.5 Å². The summed E-state index contributed by atoms with van der Waals surface area (Å²) < 4.78 is 11.1. The Morgan fingerprint density at radius 2 is 1.94 bits per heavy atom. The number of fused-ring (bicyclic) bond motifs is 1. The highest BCUT2D eigenvalue weighted by Gasteiger charge is 2.14. The molecule has 0 saturated heterocycles. The van der Waals surface area contributed by atoms with E-state index in [1.54, 1.807) is 13.8 Å². The molecule has 0 aliphatic carbocycles. The SMILES string of the molecule is CC(C)(O)CNc1ccc2c(c1)OCCCO2. The van der Waals surface area contributed by atoms with Gasteiger partial charge in [0.25, 0.3) is 0 Å². The third-order valence-electron chi connectivity index (χ3n) is 2.47. The Balaban J connectivity index is 2.07. The Kier molecular flexibility index (Phi) is 3.43. The Morgan fingerprint density at radius 1 is 1.24 bits per heavy atom. The molecule has 2 N–H and O–H groups in total. The molecule has 1 aromatic rings. The van der Waals surface area contributed by atoms with E-state index in [1.807, 2.05) is 18.2 Å². The van der Waals surface area contributed by atoms with Gasteiger partial charge in [-0.05, 0) is 26.0 Å². The van der Waals surface area contributed by atoms with Gasteiger partial charge in [-0.15, -0.1) is 0 Å². The van der Waals surface area contributed by atoms with Crippen molar-refractivity contribution in [1.29, 1.82) is 0 Å². The van der Waals surface area contributed by atoms with Crippen molar-refractivity contribution >= 4 is 5.69 Å². The molecule has 2 rings (SSSR count). The van der Waals surface area contributed by atoms with Gasteiger partial charge >= 0.3 is 0 Å². The summed E-state index contributed by atoms with van der Waals surface area (Å²) in [5, 5.41) is 12.8. The zero-order valence-corrected chi connectivity index (χ0v) is 10.3. The second-order valence-corrected chi connectivity index (χ2v) is 4.88. The van der Waals surface area contributed by atoms with Crippen molar-refractivity contribution in [1.82, 2.24) is 0 Å². The highest BCUT2D eigenvalue weighted by molar-refractivity contribution is 5.55. The molecule has 0 amide bonds. The molecule has 0 aromatic heterocycles. The quantitative estimate of drug-likeness (QED) is 0.844. The van der Waals surface area contributed by atoms with Crippen LogP contribution >= 0.6 is 0 Å². The fraction of sp³-hybridized carbons (Fsp3) is 0.538. The first-order chi connectivity index (χ1) is 8.04. The van der Waals surface area contributed by atoms with Crippen LogP contribution in [0.1, 0.15) is 20.3 Å². The Morgan fingerprint density at radius 3 is 2.65 bits per heavy atom. The highest BCUT2D eigenvalue weighted by Crippen LogP contribution is 2.32. The molecule has 1 aliphatic heterocycles. The lowest BCUT2D eigenvalue weighted by Crippen LogP contribution is -2.29. The van der Waals surface area contributed by atoms with Gasteiger partial charge in [-0.2, -0.15) is 0 Å². The minimum atomic E-state index is -0.732. The maximum Gasteiger partial charge on any atom is 0.163 e. The van der Waals surface area contributed by atoms with Crippen LogP contribution in [0.2, 0.25) is 0 Å². The molecule has 4 heteroatoms. The van der Waals surface area contributed by atoms with Gasteiger partial charge in [0.15, 0.2) is 11.5 Å². The first-order valence-electron chi connectivity index (χ1n) is 5.90. The molecule has 0 spiro atoms. The van der Waals surface area contributed by atoms with Crippen LogP contribution in [0.5, 0.6) is 11.5 Å². The lowest BCUT2D eigenvalue weighted by Gasteiger charge is -2.19. The van der Waals surface area contributed by atoms with Crippen LogP contribution in [0.25, 0.3) is 0 Å². The van der Waals surface area contributed by atoms with Crippen molar-refractivity contribution in [3.8, 4) is 11.5 Å². The number of nitrogens with one attached hydrogen (secondary N) is 1. The van der Waals surface area contributed by atoms with E-state index >= 15 is 0 Å². The molecule has 94 valence electrons. The van der Waals surface area contributed by atoms with Crippen molar-refractivity contribution in [2.45, 2.75) is 25.9 Å². The summed E-state index contributed by atoms with van der Waals surface area (Å²) in [7, 11) is 0. The average molecular weight is 237 g/mol. The number of ether oxygens (including phenoxy) is 2. The lowest BCUT2D eigenvalue weighted by atomic mass is 10.1. The van der Waals surface area contributed by atoms with Gasteiger partial charge < -0.3 is 19.9 Å². The topological polar surface area (TPSA) is 50.7 Å². The summed E-state index contributed by atoms with van der Waals surface area (Å²) in [6, 6.07) is 5.74. The Labute approximate surface area is 102 Å². The van der Waals surface area contributed by atoms with Gasteiger partial charge in [0, 0.05) is 24.7 Å². The first-order valence-corrected chi connectivity index (χ1v) is 5.90. The summed E-state index contributed by atoms with van der Waals surface area (Å²) in [6.45, 7) is 5.41. The Bertz CT molecular complexity index is 385. The largest absolute Gasteiger partial charge is 0.490 e. The summed E-state index contributed by atoms with van der Waals surface area (Å²) >= 11 is 0. The molecular weight excluding hydrogens is 218 g/mol. The van der Waals surface area contributed by atoms with Crippen LogP contribution in [0.15, 0.2) is 18.2 Å². The Hall–Kier alpha value is -1.42. The zero-order chi connectivity index (χ0) is 12.3. The maximum atomic E-state index is 9.64. The smallest absolute Gasteiger partial charge is 0.163 e. The third-order valence-corrected chi connectivity index (χ3v) is 2.47. The normalized spacial score (nSPS) is 15.2. The minimum Gasteiger partial charge on any atom is -0.490 e. The molecule has 0 unspecified atom stereocenters. The predicted octanol–water partition coefficient (Wildman–Crippen LogP) is 2.03. The summed E-state index contributed by atoms with van der Waals surface area (Å²) in [6.07, 6.45) is 0.904. The van der Waals surface area contributed by atoms with Crippen molar-refractivity contribution in [2.24, 2.45) is 0 Å². The summed E-state index contributed by atoms with van der Waals surface area (Å²) in [5.74, 6) is 1.56. The van der Waals surface area contributed by atoms with E-state index in [0.717, 1.165) is 23.6 Å². The van der Waals surface area contributed by atoms with Crippen molar-refractivity contribution in [3.63, 3.8) is 0 Å². The van der Waals surface area contributed by atoms with E-state index in [4.69, 9.17) is 9.47 Å². The number of benzene rings is 1. The van der Waals surface area contributed by atoms with Crippen molar-refractivity contribution in [3.05, 3.63) is 18.2 Å². The number of anilines is 1. The molecule has 0 atom stereocenters. The van der Waals surface area contributed by atoms with E-state index in [-0.39, 0.29) is 0 Å². The van der Waals surface area contributed by atoms with Gasteiger partial charge in [0.05, 0.1) is 18.8 Å². The highest BCUT2D eigenvalue weighted by atomic mass is 16.5. The zero-order valence-electron chi connectivity index (χ0n) is 10.3. The molecule has 1 aromatic carbocycles. The molecule has 4 nitrogen and oxygen atoms in total. The van der Waals surface area contributed by atoms with Crippen LogP contribution in [-0.2, 0) is 0 Å². The molecule has 0 saturated carbocycles. The van der Waals surface area contributed by atoms with Crippen molar-refractivity contribution in [2.75, 3.05) is 25.1 Å². The fourth-order valence-electron chi connectivity index (χ4n) is 1.59. The molecular formula is C13H19NO3. The van der Waals surface area contributed by atoms with Gasteiger partial charge in [0.1, 0.15) is 0 Å². The van der Waals surface area contributed by atoms with E-state index in [9.17, 15) is 5.11 Å². The standard InChI is InChI=1S/C13H19NO3/c1-13(2,15)9-14-10-4-5-11-12(8-10)17-7-3-6-16-11/h4-5,8,14-15H,3,6-7,9H2,1-2H3. The van der Waals surface area contributed by atoms with E-state index in [1.165, 1.54) is 0 Å². The second-order valence-electron chi connectivity index (χ2n) is 4.88. The summed E-state index contributed by atoms with van der Waals surface area (Å²) in [5.41, 5.74) is 0.195. The van der Waals surface area contributed by atoms with E-state index < -0.39 is 5.60 Å². The fourth-order valence-corrected chi connectivity index (χ4v) is 1.59. The number of aliphatic hydroxyl groups is 1. The average Bonchev–Trinajstić information content (AvgIpc) is 2.49. The van der Waals surface area contributed by atoms with Crippen molar-refractivity contribution < 1.29 is 14.6 Å². The van der Waals surface area contributed by atoms with Crippen LogP contribution < -0.4 is 14.8 Å². The van der Waals surface area contributed by atoms with Gasteiger partial charge in [-0.3, -0.25) is 0 Å². The number of rotatable bonds is 3. The van der Waals surface area contributed by atoms with Gasteiger partial charge in [-0.25, -0.2) is 0 Å². The van der Waals surface area contributed by atoms with E-state index in [2.05, 4.69) is 5.32 Å². The monoisotopic (exact) mass is 237 g/mol. The molecule has 0 radical (unpaired) electrons.